The molecular weight excluding hydrogens is 354 g/mol. The van der Waals surface area contributed by atoms with E-state index >= 15 is 0 Å². The molecule has 2 rings (SSSR count). The van der Waals surface area contributed by atoms with Crippen molar-refractivity contribution in [3.05, 3.63) is 53.1 Å². The van der Waals surface area contributed by atoms with Crippen LogP contribution in [0, 0.1) is 6.92 Å². The first-order valence-electron chi connectivity index (χ1n) is 9.88. The third-order valence-corrected chi connectivity index (χ3v) is 4.75. The first-order valence-corrected chi connectivity index (χ1v) is 9.88. The van der Waals surface area contributed by atoms with Crippen molar-refractivity contribution in [2.24, 2.45) is 0 Å². The third kappa shape index (κ3) is 6.43. The van der Waals surface area contributed by atoms with E-state index in [4.69, 9.17) is 14.2 Å². The van der Waals surface area contributed by atoms with Crippen LogP contribution >= 0.6 is 0 Å². The Morgan fingerprint density at radius 1 is 0.964 bits per heavy atom. The van der Waals surface area contributed by atoms with Crippen molar-refractivity contribution in [1.29, 1.82) is 0 Å². The first kappa shape index (κ1) is 22.1. The summed E-state index contributed by atoms with van der Waals surface area (Å²) in [6.07, 6.45) is 0.384. The summed E-state index contributed by atoms with van der Waals surface area (Å²) in [5, 5.41) is 12.4. The van der Waals surface area contributed by atoms with Crippen LogP contribution in [0.5, 0.6) is 17.2 Å². The van der Waals surface area contributed by atoms with E-state index in [-0.39, 0.29) is 0 Å². The molecule has 0 aliphatic carbocycles. The Labute approximate surface area is 168 Å². The quantitative estimate of drug-likeness (QED) is 0.581. The smallest absolute Gasteiger partial charge is 0.160 e. The Bertz CT molecular complexity index is 745. The summed E-state index contributed by atoms with van der Waals surface area (Å²) >= 11 is 0. The highest BCUT2D eigenvalue weighted by molar-refractivity contribution is 5.43. The van der Waals surface area contributed by atoms with Crippen LogP contribution in [0.15, 0.2) is 36.4 Å². The molecule has 0 radical (unpaired) electrons. The van der Waals surface area contributed by atoms with E-state index in [1.807, 2.05) is 24.3 Å². The maximum atomic E-state index is 10.3. The lowest BCUT2D eigenvalue weighted by Crippen LogP contribution is -2.87. The van der Waals surface area contributed by atoms with Gasteiger partial charge in [-0.05, 0) is 47.7 Å². The average molecular weight is 389 g/mol. The SMILES string of the molecule is COc1ccc(CC[NH2+]C[C@H](O)COc2cc(C)ccc2C(C)C)cc1OC. The predicted octanol–water partition coefficient (Wildman–Crippen LogP) is 2.68. The Morgan fingerprint density at radius 2 is 1.71 bits per heavy atom. The van der Waals surface area contributed by atoms with E-state index < -0.39 is 6.10 Å². The molecule has 2 aromatic rings. The molecule has 0 heterocycles. The van der Waals surface area contributed by atoms with Gasteiger partial charge >= 0.3 is 0 Å². The number of hydrogen-bond acceptors (Lipinski definition) is 4. The van der Waals surface area contributed by atoms with Crippen LogP contribution in [0.25, 0.3) is 0 Å². The maximum absolute atomic E-state index is 10.3. The van der Waals surface area contributed by atoms with Gasteiger partial charge in [0.25, 0.3) is 0 Å². The lowest BCUT2D eigenvalue weighted by Gasteiger charge is -2.17. The van der Waals surface area contributed by atoms with Gasteiger partial charge in [-0.3, -0.25) is 0 Å². The number of nitrogens with two attached hydrogens (primary N) is 1. The molecule has 5 nitrogen and oxygen atoms in total. The number of rotatable bonds is 11. The molecule has 0 aromatic heterocycles. The van der Waals surface area contributed by atoms with Gasteiger partial charge in [-0.2, -0.15) is 0 Å². The Morgan fingerprint density at radius 3 is 2.39 bits per heavy atom. The molecule has 154 valence electrons. The molecular formula is C23H34NO4+. The zero-order valence-electron chi connectivity index (χ0n) is 17.7. The highest BCUT2D eigenvalue weighted by Crippen LogP contribution is 2.28. The molecule has 0 saturated heterocycles. The van der Waals surface area contributed by atoms with Gasteiger partial charge in [0.05, 0.1) is 20.8 Å². The zero-order valence-corrected chi connectivity index (χ0v) is 17.7. The summed E-state index contributed by atoms with van der Waals surface area (Å²) in [7, 11) is 3.28. The molecule has 0 aliphatic heterocycles. The van der Waals surface area contributed by atoms with Gasteiger partial charge < -0.3 is 24.6 Å². The fourth-order valence-electron chi connectivity index (χ4n) is 3.11. The number of aliphatic hydroxyl groups is 1. The van der Waals surface area contributed by atoms with E-state index in [0.717, 1.165) is 35.8 Å². The molecule has 5 heteroatoms. The molecule has 0 spiro atoms. The molecule has 0 fully saturated rings. The van der Waals surface area contributed by atoms with Gasteiger partial charge in [0.1, 0.15) is 25.0 Å². The third-order valence-electron chi connectivity index (χ3n) is 4.75. The number of hydrogen-bond donors (Lipinski definition) is 2. The lowest BCUT2D eigenvalue weighted by atomic mass is 10.0. The first-order chi connectivity index (χ1) is 13.4. The standard InChI is InChI=1S/C23H33NO4/c1-16(2)20-8-6-17(3)12-22(20)28-15-19(25)14-24-11-10-18-7-9-21(26-4)23(13-18)27-5/h6-9,12-13,16,19,24-25H,10-11,14-15H2,1-5H3/p+1/t19-/m0/s1. The normalized spacial score (nSPS) is 12.1. The van der Waals surface area contributed by atoms with Crippen molar-refractivity contribution in [3.8, 4) is 17.2 Å². The van der Waals surface area contributed by atoms with Gasteiger partial charge in [-0.25, -0.2) is 0 Å². The monoisotopic (exact) mass is 388 g/mol. The molecule has 0 saturated carbocycles. The summed E-state index contributed by atoms with van der Waals surface area (Å²) in [5.74, 6) is 2.74. The molecule has 1 atom stereocenters. The Hall–Kier alpha value is -2.24. The number of aliphatic hydroxyl groups excluding tert-OH is 1. The van der Waals surface area contributed by atoms with Gasteiger partial charge in [0.2, 0.25) is 0 Å². The second-order valence-corrected chi connectivity index (χ2v) is 7.41. The Balaban J connectivity index is 1.76. The second-order valence-electron chi connectivity index (χ2n) is 7.41. The van der Waals surface area contributed by atoms with Crippen LogP contribution in [-0.2, 0) is 6.42 Å². The van der Waals surface area contributed by atoms with Gasteiger partial charge in [-0.1, -0.05) is 32.0 Å². The highest BCUT2D eigenvalue weighted by Gasteiger charge is 2.12. The number of methoxy groups -OCH3 is 2. The summed E-state index contributed by atoms with van der Waals surface area (Å²) < 4.78 is 16.5. The summed E-state index contributed by atoms with van der Waals surface area (Å²) in [5.41, 5.74) is 3.52. The van der Waals surface area contributed by atoms with Crippen molar-refractivity contribution in [2.45, 2.75) is 39.2 Å². The number of ether oxygens (including phenoxy) is 3. The Kier molecular flexibility index (Phi) is 8.61. The fraction of sp³-hybridized carbons (Fsp3) is 0.478. The van der Waals surface area contributed by atoms with Crippen molar-refractivity contribution in [3.63, 3.8) is 0 Å². The fourth-order valence-corrected chi connectivity index (χ4v) is 3.11. The number of quaternary nitrogens is 1. The van der Waals surface area contributed by atoms with Crippen molar-refractivity contribution >= 4 is 0 Å². The second kappa shape index (κ2) is 10.9. The topological polar surface area (TPSA) is 64.5 Å². The van der Waals surface area contributed by atoms with Crippen LogP contribution < -0.4 is 19.5 Å². The van der Waals surface area contributed by atoms with E-state index in [9.17, 15) is 5.11 Å². The van der Waals surface area contributed by atoms with Gasteiger partial charge in [-0.15, -0.1) is 0 Å². The van der Waals surface area contributed by atoms with E-state index in [2.05, 4.69) is 38.2 Å². The van der Waals surface area contributed by atoms with Crippen LogP contribution in [0.4, 0.5) is 0 Å². The summed E-state index contributed by atoms with van der Waals surface area (Å²) in [4.78, 5) is 0. The average Bonchev–Trinajstić information content (AvgIpc) is 2.69. The largest absolute Gasteiger partial charge is 0.493 e. The predicted molar refractivity (Wildman–Crippen MR) is 112 cm³/mol. The molecule has 28 heavy (non-hydrogen) atoms. The van der Waals surface area contributed by atoms with Crippen LogP contribution in [0.1, 0.15) is 36.5 Å². The molecule has 0 unspecified atom stereocenters. The van der Waals surface area contributed by atoms with Crippen LogP contribution in [0.2, 0.25) is 0 Å². The molecule has 0 aliphatic rings. The number of benzene rings is 2. The molecule has 0 amide bonds. The van der Waals surface area contributed by atoms with Gasteiger partial charge in [0.15, 0.2) is 11.5 Å². The minimum atomic E-state index is -0.508. The van der Waals surface area contributed by atoms with Crippen molar-refractivity contribution in [2.75, 3.05) is 33.9 Å². The van der Waals surface area contributed by atoms with Crippen molar-refractivity contribution in [1.82, 2.24) is 0 Å². The molecule has 0 bridgehead atoms. The van der Waals surface area contributed by atoms with Gasteiger partial charge in [0, 0.05) is 6.42 Å². The summed E-state index contributed by atoms with van der Waals surface area (Å²) in [6.45, 7) is 8.14. The maximum Gasteiger partial charge on any atom is 0.160 e. The van der Waals surface area contributed by atoms with E-state index in [1.54, 1.807) is 14.2 Å². The van der Waals surface area contributed by atoms with E-state index in [1.165, 1.54) is 11.1 Å². The minimum absolute atomic E-state index is 0.302. The highest BCUT2D eigenvalue weighted by atomic mass is 16.5. The minimum Gasteiger partial charge on any atom is -0.493 e. The van der Waals surface area contributed by atoms with Crippen LogP contribution in [-0.4, -0.2) is 45.1 Å². The lowest BCUT2D eigenvalue weighted by molar-refractivity contribution is -0.660. The van der Waals surface area contributed by atoms with E-state index in [0.29, 0.717) is 19.1 Å². The molecule has 2 aromatic carbocycles. The van der Waals surface area contributed by atoms with Crippen LogP contribution in [0.3, 0.4) is 0 Å². The molecule has 3 N–H and O–H groups in total. The zero-order chi connectivity index (χ0) is 20.5. The summed E-state index contributed by atoms with van der Waals surface area (Å²) in [6, 6.07) is 12.2. The van der Waals surface area contributed by atoms with Crippen molar-refractivity contribution < 1.29 is 24.6 Å². The number of aryl methyl sites for hydroxylation is 1.